The summed E-state index contributed by atoms with van der Waals surface area (Å²) in [7, 11) is 0. The van der Waals surface area contributed by atoms with Gasteiger partial charge < -0.3 is 14.9 Å². The highest BCUT2D eigenvalue weighted by molar-refractivity contribution is 6.52. The summed E-state index contributed by atoms with van der Waals surface area (Å²) in [6.45, 7) is 2.16. The van der Waals surface area contributed by atoms with E-state index < -0.39 is 17.7 Å². The molecule has 32 heavy (non-hydrogen) atoms. The third-order valence-corrected chi connectivity index (χ3v) is 5.42. The smallest absolute Gasteiger partial charge is 0.300 e. The average molecular weight is 451 g/mol. The quantitative estimate of drug-likeness (QED) is 0.338. The van der Waals surface area contributed by atoms with E-state index in [2.05, 4.69) is 4.98 Å². The van der Waals surface area contributed by atoms with E-state index in [4.69, 9.17) is 16.3 Å². The molecule has 7 nitrogen and oxygen atoms in total. The van der Waals surface area contributed by atoms with Crippen LogP contribution in [-0.4, -0.2) is 33.5 Å². The molecule has 4 rings (SSSR count). The second-order valence-corrected chi connectivity index (χ2v) is 7.42. The number of pyridine rings is 1. The van der Waals surface area contributed by atoms with E-state index in [1.54, 1.807) is 37.3 Å². The van der Waals surface area contributed by atoms with Crippen molar-refractivity contribution in [3.05, 3.63) is 88.7 Å². The first-order valence-electron chi connectivity index (χ1n) is 9.85. The number of ketones is 1. The fraction of sp³-hybridized carbons (Fsp3) is 0.125. The summed E-state index contributed by atoms with van der Waals surface area (Å²) in [4.78, 5) is 31.4. The predicted octanol–water partition coefficient (Wildman–Crippen LogP) is 4.47. The van der Waals surface area contributed by atoms with Crippen LogP contribution in [0.3, 0.4) is 0 Å². The van der Waals surface area contributed by atoms with Gasteiger partial charge in [-0.2, -0.15) is 0 Å². The van der Waals surface area contributed by atoms with E-state index >= 15 is 0 Å². The Kier molecular flexibility index (Phi) is 5.83. The normalized spacial score (nSPS) is 17.6. The van der Waals surface area contributed by atoms with Gasteiger partial charge in [-0.05, 0) is 55.0 Å². The Morgan fingerprint density at radius 1 is 1.12 bits per heavy atom. The van der Waals surface area contributed by atoms with Crippen molar-refractivity contribution < 1.29 is 24.5 Å². The Labute approximate surface area is 189 Å². The van der Waals surface area contributed by atoms with Crippen LogP contribution in [0, 0.1) is 0 Å². The lowest BCUT2D eigenvalue weighted by Gasteiger charge is -2.25. The lowest BCUT2D eigenvalue weighted by atomic mass is 9.95. The zero-order chi connectivity index (χ0) is 22.8. The van der Waals surface area contributed by atoms with E-state index in [0.717, 1.165) is 0 Å². The number of amides is 1. The molecule has 0 saturated carbocycles. The molecule has 1 aromatic heterocycles. The van der Waals surface area contributed by atoms with E-state index in [-0.39, 0.29) is 28.3 Å². The van der Waals surface area contributed by atoms with Gasteiger partial charge in [0.15, 0.2) is 0 Å². The number of hydrogen-bond acceptors (Lipinski definition) is 6. The summed E-state index contributed by atoms with van der Waals surface area (Å²) >= 11 is 6.15. The molecule has 1 aliphatic heterocycles. The number of para-hydroxylation sites is 2. The number of halogens is 1. The first-order chi connectivity index (χ1) is 15.4. The average Bonchev–Trinajstić information content (AvgIpc) is 3.06. The van der Waals surface area contributed by atoms with Gasteiger partial charge in [0.25, 0.3) is 11.7 Å². The van der Waals surface area contributed by atoms with E-state index in [9.17, 15) is 19.8 Å². The van der Waals surface area contributed by atoms with Crippen molar-refractivity contribution in [1.82, 2.24) is 4.98 Å². The Morgan fingerprint density at radius 2 is 1.84 bits per heavy atom. The molecule has 162 valence electrons. The van der Waals surface area contributed by atoms with Crippen LogP contribution in [0.5, 0.6) is 11.5 Å². The van der Waals surface area contributed by atoms with Gasteiger partial charge >= 0.3 is 0 Å². The fourth-order valence-corrected chi connectivity index (χ4v) is 3.85. The summed E-state index contributed by atoms with van der Waals surface area (Å²) in [5, 5.41) is 21.9. The van der Waals surface area contributed by atoms with Crippen LogP contribution >= 0.6 is 11.6 Å². The number of benzene rings is 2. The number of ether oxygens (including phenoxy) is 1. The van der Waals surface area contributed by atoms with Gasteiger partial charge in [-0.3, -0.25) is 19.5 Å². The highest BCUT2D eigenvalue weighted by Crippen LogP contribution is 2.44. The summed E-state index contributed by atoms with van der Waals surface area (Å²) in [6.07, 6.45) is 3.05. The number of phenols is 1. The number of carbonyl (C=O) groups is 2. The van der Waals surface area contributed by atoms with Crippen molar-refractivity contribution in [2.45, 2.75) is 13.0 Å². The molecule has 0 radical (unpaired) electrons. The number of Topliss-reactive ketones (excluding diaryl/α,β-unsaturated/α-hetero) is 1. The van der Waals surface area contributed by atoms with E-state index in [0.29, 0.717) is 22.9 Å². The molecule has 1 amide bonds. The largest absolute Gasteiger partial charge is 0.507 e. The van der Waals surface area contributed by atoms with Gasteiger partial charge in [0.05, 0.1) is 28.9 Å². The van der Waals surface area contributed by atoms with Crippen molar-refractivity contribution in [3.63, 3.8) is 0 Å². The molecule has 2 N–H and O–H groups in total. The van der Waals surface area contributed by atoms with Gasteiger partial charge in [-0.1, -0.05) is 23.7 Å². The Balaban J connectivity index is 1.94. The Hall–Kier alpha value is -3.84. The molecule has 0 bridgehead atoms. The molecule has 0 aliphatic carbocycles. The number of phenolic OH excluding ortho intramolecular Hbond substituents is 1. The van der Waals surface area contributed by atoms with Crippen LogP contribution in [0.25, 0.3) is 5.76 Å². The molecular formula is C24H19ClN2O5. The van der Waals surface area contributed by atoms with Crippen molar-refractivity contribution >= 4 is 34.7 Å². The summed E-state index contributed by atoms with van der Waals surface area (Å²) < 4.78 is 5.49. The summed E-state index contributed by atoms with van der Waals surface area (Å²) in [6, 6.07) is 13.1. The van der Waals surface area contributed by atoms with Gasteiger partial charge in [0.1, 0.15) is 17.3 Å². The standard InChI is InChI=1S/C24H19ClN2O5/c1-2-32-19-13-15(7-8-16(19)25)22(29)20-21(14-9-11-26-12-10-14)27(24(31)23(20)30)17-5-3-4-6-18(17)28/h3-13,21,28-29H,2H2,1H3/b22-20-. The van der Waals surface area contributed by atoms with E-state index in [1.165, 1.54) is 41.6 Å². The van der Waals surface area contributed by atoms with Crippen molar-refractivity contribution in [1.29, 1.82) is 0 Å². The molecule has 1 aliphatic rings. The number of carbonyl (C=O) groups excluding carboxylic acids is 2. The molecule has 2 aromatic carbocycles. The number of aromatic nitrogens is 1. The minimum atomic E-state index is -0.975. The fourth-order valence-electron chi connectivity index (χ4n) is 3.68. The lowest BCUT2D eigenvalue weighted by molar-refractivity contribution is -0.132. The van der Waals surface area contributed by atoms with Crippen LogP contribution in [0.2, 0.25) is 5.02 Å². The number of rotatable bonds is 5. The minimum absolute atomic E-state index is 0.116. The highest BCUT2D eigenvalue weighted by atomic mass is 35.5. The third kappa shape index (κ3) is 3.67. The highest BCUT2D eigenvalue weighted by Gasteiger charge is 2.47. The monoisotopic (exact) mass is 450 g/mol. The van der Waals surface area contributed by atoms with Gasteiger partial charge in [-0.25, -0.2) is 0 Å². The Morgan fingerprint density at radius 3 is 2.53 bits per heavy atom. The van der Waals surface area contributed by atoms with Crippen LogP contribution in [0.4, 0.5) is 5.69 Å². The second-order valence-electron chi connectivity index (χ2n) is 7.02. The van der Waals surface area contributed by atoms with Gasteiger partial charge in [0.2, 0.25) is 0 Å². The first-order valence-corrected chi connectivity index (χ1v) is 10.2. The second kappa shape index (κ2) is 8.72. The number of hydrogen-bond donors (Lipinski definition) is 2. The molecular weight excluding hydrogens is 432 g/mol. The molecule has 1 atom stereocenters. The maximum atomic E-state index is 13.1. The zero-order valence-electron chi connectivity index (χ0n) is 17.0. The molecule has 1 saturated heterocycles. The SMILES string of the molecule is CCOc1cc(/C(O)=C2/C(=O)C(=O)N(c3ccccc3O)C2c2ccncc2)ccc1Cl. The van der Waals surface area contributed by atoms with Crippen molar-refractivity contribution in [2.24, 2.45) is 0 Å². The topological polar surface area (TPSA) is 100.0 Å². The maximum absolute atomic E-state index is 13.1. The van der Waals surface area contributed by atoms with Gasteiger partial charge in [0, 0.05) is 18.0 Å². The minimum Gasteiger partial charge on any atom is -0.507 e. The maximum Gasteiger partial charge on any atom is 0.300 e. The van der Waals surface area contributed by atoms with Crippen molar-refractivity contribution in [2.75, 3.05) is 11.5 Å². The zero-order valence-corrected chi connectivity index (χ0v) is 17.8. The number of aromatic hydroxyl groups is 1. The number of aliphatic hydroxyl groups excluding tert-OH is 1. The van der Waals surface area contributed by atoms with Gasteiger partial charge in [-0.15, -0.1) is 0 Å². The lowest BCUT2D eigenvalue weighted by Crippen LogP contribution is -2.29. The van der Waals surface area contributed by atoms with Crippen LogP contribution in [0.15, 0.2) is 72.6 Å². The van der Waals surface area contributed by atoms with Crippen molar-refractivity contribution in [3.8, 4) is 11.5 Å². The molecule has 8 heteroatoms. The number of nitrogens with zero attached hydrogens (tertiary/aromatic N) is 2. The Bertz CT molecular complexity index is 1230. The molecule has 1 fully saturated rings. The summed E-state index contributed by atoms with van der Waals surface area (Å²) in [5.41, 5.74) is 0.853. The first kappa shape index (κ1) is 21.4. The number of aliphatic hydroxyl groups is 1. The molecule has 1 unspecified atom stereocenters. The third-order valence-electron chi connectivity index (χ3n) is 5.11. The molecule has 3 aromatic rings. The number of anilines is 1. The molecule has 0 spiro atoms. The van der Waals surface area contributed by atoms with Crippen LogP contribution in [-0.2, 0) is 9.59 Å². The predicted molar refractivity (Wildman–Crippen MR) is 120 cm³/mol. The summed E-state index contributed by atoms with van der Waals surface area (Å²) in [5.74, 6) is -1.94. The van der Waals surface area contributed by atoms with E-state index in [1.807, 2.05) is 0 Å². The molecule has 2 heterocycles. The van der Waals surface area contributed by atoms with Crippen LogP contribution < -0.4 is 9.64 Å². The van der Waals surface area contributed by atoms with Crippen LogP contribution in [0.1, 0.15) is 24.1 Å².